The predicted molar refractivity (Wildman–Crippen MR) is 115 cm³/mol. The van der Waals surface area contributed by atoms with Gasteiger partial charge in [0.15, 0.2) is 5.78 Å². The van der Waals surface area contributed by atoms with Crippen LogP contribution >= 0.6 is 0 Å². The predicted octanol–water partition coefficient (Wildman–Crippen LogP) is 3.90. The molecular weight excluding hydrogens is 378 g/mol. The molecule has 0 bridgehead atoms. The number of carbonyl (C=O) groups is 3. The maximum Gasteiger partial charge on any atom is 0.394 e. The van der Waals surface area contributed by atoms with Gasteiger partial charge in [0, 0.05) is 12.5 Å². The molecule has 1 atom stereocenters. The number of aryl methyl sites for hydroxylation is 2. The zero-order valence-corrected chi connectivity index (χ0v) is 17.2. The van der Waals surface area contributed by atoms with Gasteiger partial charge >= 0.3 is 11.9 Å². The second-order valence-corrected chi connectivity index (χ2v) is 7.96. The molecule has 0 aliphatic carbocycles. The van der Waals surface area contributed by atoms with E-state index in [9.17, 15) is 19.5 Å². The molecule has 1 aliphatic rings. The number of carboxylic acids is 1. The minimum absolute atomic E-state index is 0.0103. The Balaban J connectivity index is 1.74. The van der Waals surface area contributed by atoms with Crippen LogP contribution in [0.1, 0.15) is 43.2 Å². The molecule has 3 rings (SSSR count). The molecule has 2 aromatic rings. The average molecular weight is 408 g/mol. The van der Waals surface area contributed by atoms with Crippen molar-refractivity contribution < 1.29 is 19.5 Å². The normalized spacial score (nSPS) is 16.4. The van der Waals surface area contributed by atoms with Crippen molar-refractivity contribution >= 4 is 17.7 Å². The molecule has 0 saturated carbocycles. The van der Waals surface area contributed by atoms with Gasteiger partial charge in [0.1, 0.15) is 0 Å². The Bertz CT molecular complexity index is 806. The number of piperidine rings is 1. The first-order valence-electron chi connectivity index (χ1n) is 10.7. The molecule has 1 aliphatic heterocycles. The molecule has 1 amide bonds. The summed E-state index contributed by atoms with van der Waals surface area (Å²) in [6.07, 6.45) is 5.08. The van der Waals surface area contributed by atoms with Gasteiger partial charge in [-0.1, -0.05) is 60.7 Å². The Morgan fingerprint density at radius 2 is 1.40 bits per heavy atom. The Kier molecular flexibility index (Phi) is 7.77. The summed E-state index contributed by atoms with van der Waals surface area (Å²) in [6, 6.07) is 19.5. The fraction of sp³-hybridized carbons (Fsp3) is 0.400. The summed E-state index contributed by atoms with van der Waals surface area (Å²) in [4.78, 5) is 38.2. The van der Waals surface area contributed by atoms with Gasteiger partial charge in [-0.2, -0.15) is 0 Å². The number of hydrogen-bond donors (Lipinski definition) is 1. The number of rotatable bonds is 8. The van der Waals surface area contributed by atoms with Crippen molar-refractivity contribution in [3.8, 4) is 0 Å². The lowest BCUT2D eigenvalue weighted by atomic mass is 9.84. The number of nitrogens with zero attached hydrogens (tertiary/aromatic N) is 1. The molecule has 0 aromatic heterocycles. The standard InChI is InChI=1S/C25H29NO4/c27-23(22-13-7-8-18-26(22)24(28)25(29)30)21(16-14-19-9-3-1-4-10-19)17-15-20-11-5-2-6-12-20/h1-6,9-12,21-22H,7-8,13-18H2,(H,29,30). The molecule has 1 N–H and O–H groups in total. The summed E-state index contributed by atoms with van der Waals surface area (Å²) in [6.45, 7) is 0.339. The molecule has 158 valence electrons. The van der Waals surface area contributed by atoms with Crippen LogP contribution in [0.3, 0.4) is 0 Å². The summed E-state index contributed by atoms with van der Waals surface area (Å²) in [5.74, 6) is -2.65. The largest absolute Gasteiger partial charge is 0.474 e. The molecule has 30 heavy (non-hydrogen) atoms. The van der Waals surface area contributed by atoms with E-state index >= 15 is 0 Å². The van der Waals surface area contributed by atoms with Crippen molar-refractivity contribution in [2.75, 3.05) is 6.54 Å². The first-order valence-corrected chi connectivity index (χ1v) is 10.7. The number of carbonyl (C=O) groups excluding carboxylic acids is 2. The van der Waals surface area contributed by atoms with E-state index in [0.29, 0.717) is 25.8 Å². The summed E-state index contributed by atoms with van der Waals surface area (Å²) in [5, 5.41) is 9.17. The van der Waals surface area contributed by atoms with E-state index in [0.717, 1.165) is 25.7 Å². The highest BCUT2D eigenvalue weighted by Crippen LogP contribution is 2.26. The first-order chi connectivity index (χ1) is 14.6. The molecule has 1 heterocycles. The van der Waals surface area contributed by atoms with Crippen LogP contribution in [0.25, 0.3) is 0 Å². The number of aliphatic carboxylic acids is 1. The van der Waals surface area contributed by atoms with Crippen LogP contribution in [0.5, 0.6) is 0 Å². The second-order valence-electron chi connectivity index (χ2n) is 7.96. The van der Waals surface area contributed by atoms with Gasteiger partial charge in [0.05, 0.1) is 6.04 Å². The van der Waals surface area contributed by atoms with Crippen molar-refractivity contribution in [3.63, 3.8) is 0 Å². The number of carboxylic acid groups (broad SMARTS) is 1. The smallest absolute Gasteiger partial charge is 0.394 e. The van der Waals surface area contributed by atoms with Gasteiger partial charge in [0.25, 0.3) is 0 Å². The third-order valence-corrected chi connectivity index (χ3v) is 5.93. The third-order valence-electron chi connectivity index (χ3n) is 5.93. The Morgan fingerprint density at radius 3 is 1.90 bits per heavy atom. The van der Waals surface area contributed by atoms with Crippen LogP contribution in [-0.2, 0) is 27.2 Å². The van der Waals surface area contributed by atoms with Crippen molar-refractivity contribution in [3.05, 3.63) is 71.8 Å². The SMILES string of the molecule is O=C(O)C(=O)N1CCCCC1C(=O)C(CCc1ccccc1)CCc1ccccc1. The fourth-order valence-electron chi connectivity index (χ4n) is 4.27. The van der Waals surface area contributed by atoms with Crippen LogP contribution < -0.4 is 0 Å². The van der Waals surface area contributed by atoms with Gasteiger partial charge in [0.2, 0.25) is 0 Å². The van der Waals surface area contributed by atoms with E-state index in [1.807, 2.05) is 36.4 Å². The van der Waals surface area contributed by atoms with Crippen molar-refractivity contribution in [2.45, 2.75) is 51.0 Å². The number of likely N-dealkylation sites (tertiary alicyclic amines) is 1. The highest BCUT2D eigenvalue weighted by Gasteiger charge is 2.37. The van der Waals surface area contributed by atoms with Crippen molar-refractivity contribution in [2.24, 2.45) is 5.92 Å². The lowest BCUT2D eigenvalue weighted by molar-refractivity contribution is -0.159. The van der Waals surface area contributed by atoms with E-state index in [1.54, 1.807) is 0 Å². The Morgan fingerprint density at radius 1 is 0.867 bits per heavy atom. The van der Waals surface area contributed by atoms with Crippen LogP contribution in [0.2, 0.25) is 0 Å². The number of ketones is 1. The quantitative estimate of drug-likeness (QED) is 0.674. The summed E-state index contributed by atoms with van der Waals surface area (Å²) < 4.78 is 0. The minimum Gasteiger partial charge on any atom is -0.474 e. The lowest BCUT2D eigenvalue weighted by Crippen LogP contribution is -2.52. The van der Waals surface area contributed by atoms with E-state index in [4.69, 9.17) is 0 Å². The second kappa shape index (κ2) is 10.7. The molecule has 1 saturated heterocycles. The molecular formula is C25H29NO4. The zero-order chi connectivity index (χ0) is 21.3. The number of hydrogen-bond acceptors (Lipinski definition) is 3. The highest BCUT2D eigenvalue weighted by atomic mass is 16.4. The lowest BCUT2D eigenvalue weighted by Gasteiger charge is -2.35. The average Bonchev–Trinajstić information content (AvgIpc) is 2.79. The van der Waals surface area contributed by atoms with E-state index in [1.165, 1.54) is 16.0 Å². The van der Waals surface area contributed by atoms with Gasteiger partial charge in [-0.3, -0.25) is 9.59 Å². The summed E-state index contributed by atoms with van der Waals surface area (Å²) in [7, 11) is 0. The Labute approximate surface area is 177 Å². The molecule has 1 fully saturated rings. The first kappa shape index (κ1) is 21.8. The number of amides is 1. The van der Waals surface area contributed by atoms with Crippen LogP contribution in [0.4, 0.5) is 0 Å². The van der Waals surface area contributed by atoms with Crippen molar-refractivity contribution in [1.29, 1.82) is 0 Å². The van der Waals surface area contributed by atoms with Gasteiger partial charge < -0.3 is 10.0 Å². The molecule has 1 unspecified atom stereocenters. The van der Waals surface area contributed by atoms with E-state index in [2.05, 4.69) is 24.3 Å². The minimum atomic E-state index is -1.49. The molecule has 5 heteroatoms. The van der Waals surface area contributed by atoms with Gasteiger partial charge in [-0.15, -0.1) is 0 Å². The summed E-state index contributed by atoms with van der Waals surface area (Å²) in [5.41, 5.74) is 2.36. The summed E-state index contributed by atoms with van der Waals surface area (Å²) >= 11 is 0. The molecule has 5 nitrogen and oxygen atoms in total. The van der Waals surface area contributed by atoms with Gasteiger partial charge in [-0.25, -0.2) is 4.79 Å². The van der Waals surface area contributed by atoms with Crippen LogP contribution in [0, 0.1) is 5.92 Å². The van der Waals surface area contributed by atoms with Gasteiger partial charge in [-0.05, 0) is 56.1 Å². The van der Waals surface area contributed by atoms with Crippen molar-refractivity contribution in [1.82, 2.24) is 4.90 Å². The van der Waals surface area contributed by atoms with E-state index < -0.39 is 17.9 Å². The maximum atomic E-state index is 13.5. The zero-order valence-electron chi connectivity index (χ0n) is 17.2. The number of Topliss-reactive ketones (excluding diaryl/α,β-unsaturated/α-hetero) is 1. The third kappa shape index (κ3) is 5.78. The molecule has 0 spiro atoms. The topological polar surface area (TPSA) is 74.7 Å². The monoisotopic (exact) mass is 407 g/mol. The highest BCUT2D eigenvalue weighted by molar-refractivity contribution is 6.32. The van der Waals surface area contributed by atoms with Crippen LogP contribution in [0.15, 0.2) is 60.7 Å². The molecule has 2 aromatic carbocycles. The number of benzene rings is 2. The van der Waals surface area contributed by atoms with E-state index in [-0.39, 0.29) is 11.7 Å². The van der Waals surface area contributed by atoms with Crippen LogP contribution in [-0.4, -0.2) is 40.3 Å². The molecule has 0 radical (unpaired) electrons. The fourth-order valence-corrected chi connectivity index (χ4v) is 4.27. The Hall–Kier alpha value is -2.95. The maximum absolute atomic E-state index is 13.5.